The Kier molecular flexibility index (Phi) is 2.85. The highest BCUT2D eigenvalue weighted by Crippen LogP contribution is 2.47. The third kappa shape index (κ3) is 1.68. The van der Waals surface area contributed by atoms with Crippen LogP contribution in [0.1, 0.15) is 18.1 Å². The second-order valence-corrected chi connectivity index (χ2v) is 5.45. The van der Waals surface area contributed by atoms with Gasteiger partial charge in [-0.25, -0.2) is 0 Å². The lowest BCUT2D eigenvalue weighted by Gasteiger charge is -2.36. The number of allylic oxidation sites excluding steroid dienone is 2. The summed E-state index contributed by atoms with van der Waals surface area (Å²) in [5.41, 5.74) is 3.39. The fraction of sp³-hybridized carbons (Fsp3) is 0.438. The number of carbonyl (C=O) groups is 1. The van der Waals surface area contributed by atoms with E-state index in [-0.39, 0.29) is 11.9 Å². The van der Waals surface area contributed by atoms with Crippen LogP contribution in [0.25, 0.3) is 0 Å². The Morgan fingerprint density at radius 1 is 1.42 bits per heavy atom. The first-order valence-corrected chi connectivity index (χ1v) is 6.76. The predicted octanol–water partition coefficient (Wildman–Crippen LogP) is 2.07. The molecule has 19 heavy (non-hydrogen) atoms. The predicted molar refractivity (Wildman–Crippen MR) is 73.5 cm³/mol. The summed E-state index contributed by atoms with van der Waals surface area (Å²) in [5, 5.41) is 3.40. The Bertz CT molecular complexity index is 549. The topological polar surface area (TPSA) is 38.3 Å². The molecule has 1 aliphatic carbocycles. The van der Waals surface area contributed by atoms with Crippen molar-refractivity contribution >= 4 is 5.97 Å². The van der Waals surface area contributed by atoms with Crippen LogP contribution in [-0.4, -0.2) is 19.6 Å². The molecule has 1 fully saturated rings. The van der Waals surface area contributed by atoms with Crippen LogP contribution in [-0.2, 0) is 22.4 Å². The Morgan fingerprint density at radius 3 is 2.84 bits per heavy atom. The number of nitrogens with one attached hydrogen (secondary N) is 1. The van der Waals surface area contributed by atoms with Crippen LogP contribution in [0.15, 0.2) is 36.0 Å². The molecule has 3 rings (SSSR count). The number of rotatable bonds is 1. The monoisotopic (exact) mass is 257 g/mol. The first-order chi connectivity index (χ1) is 9.21. The average Bonchev–Trinajstić information content (AvgIpc) is 2.82. The molecule has 0 radical (unpaired) electrons. The molecule has 0 saturated carbocycles. The Hall–Kier alpha value is -1.77. The van der Waals surface area contributed by atoms with Crippen molar-refractivity contribution < 1.29 is 9.53 Å². The average molecular weight is 257 g/mol. The molecule has 2 aliphatic rings. The molecule has 1 aromatic rings. The maximum atomic E-state index is 12.4. The first-order valence-electron chi connectivity index (χ1n) is 6.76. The third-order valence-corrected chi connectivity index (χ3v) is 4.60. The summed E-state index contributed by atoms with van der Waals surface area (Å²) in [6.45, 7) is 2.70. The van der Waals surface area contributed by atoms with E-state index in [1.807, 2.05) is 13.0 Å². The Morgan fingerprint density at radius 2 is 2.16 bits per heavy atom. The van der Waals surface area contributed by atoms with E-state index in [0.717, 1.165) is 12.8 Å². The SMILES string of the molecule is CC=C1NCC2(C(=O)OC)Cc3ccccc3CC12. The van der Waals surface area contributed by atoms with Gasteiger partial charge < -0.3 is 10.1 Å². The van der Waals surface area contributed by atoms with Gasteiger partial charge in [0.15, 0.2) is 0 Å². The minimum absolute atomic E-state index is 0.0867. The molecule has 0 amide bonds. The number of ether oxygens (including phenoxy) is 1. The quantitative estimate of drug-likeness (QED) is 0.783. The molecule has 0 aromatic heterocycles. The van der Waals surface area contributed by atoms with Crippen LogP contribution in [0.4, 0.5) is 0 Å². The van der Waals surface area contributed by atoms with Crippen LogP contribution >= 0.6 is 0 Å². The highest BCUT2D eigenvalue weighted by Gasteiger charge is 2.54. The standard InChI is InChI=1S/C16H19NO2/c1-3-14-13-8-11-6-4-5-7-12(11)9-16(13,10-17-14)15(18)19-2/h3-7,13,17H,8-10H2,1-2H3. The van der Waals surface area contributed by atoms with Gasteiger partial charge in [0.05, 0.1) is 12.5 Å². The van der Waals surface area contributed by atoms with Crippen molar-refractivity contribution in [2.24, 2.45) is 11.3 Å². The number of hydrogen-bond donors (Lipinski definition) is 1. The van der Waals surface area contributed by atoms with Gasteiger partial charge in [-0.3, -0.25) is 4.79 Å². The van der Waals surface area contributed by atoms with Gasteiger partial charge in [0.2, 0.25) is 0 Å². The van der Waals surface area contributed by atoms with E-state index in [0.29, 0.717) is 6.54 Å². The van der Waals surface area contributed by atoms with Crippen molar-refractivity contribution in [1.29, 1.82) is 0 Å². The lowest BCUT2D eigenvalue weighted by Crippen LogP contribution is -2.44. The summed E-state index contributed by atoms with van der Waals surface area (Å²) in [4.78, 5) is 12.4. The largest absolute Gasteiger partial charge is 0.469 e. The number of benzene rings is 1. The summed E-state index contributed by atoms with van der Waals surface area (Å²) >= 11 is 0. The van der Waals surface area contributed by atoms with E-state index in [1.54, 1.807) is 0 Å². The number of carbonyl (C=O) groups excluding carboxylic acids is 1. The maximum Gasteiger partial charge on any atom is 0.314 e. The van der Waals surface area contributed by atoms with E-state index in [9.17, 15) is 4.79 Å². The zero-order chi connectivity index (χ0) is 13.5. The van der Waals surface area contributed by atoms with Crippen molar-refractivity contribution in [3.8, 4) is 0 Å². The molecule has 0 spiro atoms. The molecule has 1 saturated heterocycles. The highest BCUT2D eigenvalue weighted by atomic mass is 16.5. The summed E-state index contributed by atoms with van der Waals surface area (Å²) < 4.78 is 5.10. The van der Waals surface area contributed by atoms with Crippen molar-refractivity contribution in [2.45, 2.75) is 19.8 Å². The lowest BCUT2D eigenvalue weighted by atomic mass is 9.65. The van der Waals surface area contributed by atoms with Crippen molar-refractivity contribution in [2.75, 3.05) is 13.7 Å². The van der Waals surface area contributed by atoms with Crippen LogP contribution < -0.4 is 5.32 Å². The van der Waals surface area contributed by atoms with Crippen LogP contribution in [0.3, 0.4) is 0 Å². The minimum atomic E-state index is -0.426. The van der Waals surface area contributed by atoms with E-state index in [4.69, 9.17) is 4.74 Å². The number of methoxy groups -OCH3 is 1. The Balaban J connectivity index is 2.09. The number of esters is 1. The maximum absolute atomic E-state index is 12.4. The summed E-state index contributed by atoms with van der Waals surface area (Å²) in [7, 11) is 1.49. The van der Waals surface area contributed by atoms with Gasteiger partial charge in [-0.15, -0.1) is 0 Å². The molecule has 0 bridgehead atoms. The zero-order valence-electron chi connectivity index (χ0n) is 11.4. The Labute approximate surface area is 113 Å². The number of hydrogen-bond acceptors (Lipinski definition) is 3. The van der Waals surface area contributed by atoms with Gasteiger partial charge in [0.1, 0.15) is 0 Å². The molecule has 1 heterocycles. The van der Waals surface area contributed by atoms with Crippen LogP contribution in [0.2, 0.25) is 0 Å². The van der Waals surface area contributed by atoms with E-state index in [2.05, 4.69) is 29.6 Å². The second kappa shape index (κ2) is 4.41. The summed E-state index contributed by atoms with van der Waals surface area (Å²) in [6, 6.07) is 8.41. The summed E-state index contributed by atoms with van der Waals surface area (Å²) in [6.07, 6.45) is 3.77. The third-order valence-electron chi connectivity index (χ3n) is 4.60. The molecule has 3 heteroatoms. The van der Waals surface area contributed by atoms with E-state index in [1.165, 1.54) is 23.9 Å². The normalized spacial score (nSPS) is 30.4. The molecule has 2 unspecified atom stereocenters. The first kappa shape index (κ1) is 12.3. The van der Waals surface area contributed by atoms with Gasteiger partial charge in [-0.05, 0) is 30.9 Å². The van der Waals surface area contributed by atoms with E-state index < -0.39 is 5.41 Å². The van der Waals surface area contributed by atoms with Gasteiger partial charge in [0, 0.05) is 18.2 Å². The van der Waals surface area contributed by atoms with Gasteiger partial charge >= 0.3 is 5.97 Å². The van der Waals surface area contributed by atoms with Crippen LogP contribution in [0, 0.1) is 11.3 Å². The molecule has 3 nitrogen and oxygen atoms in total. The highest BCUT2D eigenvalue weighted by molar-refractivity contribution is 5.80. The van der Waals surface area contributed by atoms with Crippen molar-refractivity contribution in [3.63, 3.8) is 0 Å². The van der Waals surface area contributed by atoms with Crippen molar-refractivity contribution in [3.05, 3.63) is 47.2 Å². The molecule has 1 N–H and O–H groups in total. The molecular weight excluding hydrogens is 238 g/mol. The summed E-state index contributed by atoms with van der Waals surface area (Å²) in [5.74, 6) is 0.135. The minimum Gasteiger partial charge on any atom is -0.469 e. The smallest absolute Gasteiger partial charge is 0.314 e. The number of fused-ring (bicyclic) bond motifs is 2. The lowest BCUT2D eigenvalue weighted by molar-refractivity contribution is -0.154. The molecule has 2 atom stereocenters. The van der Waals surface area contributed by atoms with Gasteiger partial charge in [-0.2, -0.15) is 0 Å². The van der Waals surface area contributed by atoms with Gasteiger partial charge in [0.25, 0.3) is 0 Å². The molecule has 1 aliphatic heterocycles. The zero-order valence-corrected chi connectivity index (χ0v) is 11.4. The molecule has 1 aromatic carbocycles. The van der Waals surface area contributed by atoms with Crippen LogP contribution in [0.5, 0.6) is 0 Å². The molecular formula is C16H19NO2. The fourth-order valence-corrected chi connectivity index (χ4v) is 3.58. The van der Waals surface area contributed by atoms with Crippen molar-refractivity contribution in [1.82, 2.24) is 5.32 Å². The van der Waals surface area contributed by atoms with Gasteiger partial charge in [-0.1, -0.05) is 30.3 Å². The van der Waals surface area contributed by atoms with E-state index >= 15 is 0 Å². The second-order valence-electron chi connectivity index (χ2n) is 5.45. The molecule has 100 valence electrons. The fourth-order valence-electron chi connectivity index (χ4n) is 3.58.